The molecular formula is C27H20IN3O6. The van der Waals surface area contributed by atoms with Crippen molar-refractivity contribution >= 4 is 34.2 Å². The molecule has 2 aliphatic carbocycles. The first-order valence-corrected chi connectivity index (χ1v) is 12.7. The molecule has 0 saturated carbocycles. The number of para-hydroxylation sites is 1. The number of phenols is 1. The standard InChI is InChI=1S/C27H20IN3O6/c1-37-22-11-15(32)7-8-17(22)23-16-9-10-29-26(35)30(14-5-3-2-4-6-14)27(36)31(29)20(16)12-18-21(33)13-19(28)25(34)24(18)23/h2-9,11,13,20,23,32H,10,12H2,1H3. The van der Waals surface area contributed by atoms with Crippen LogP contribution in [0.1, 0.15) is 23.9 Å². The highest BCUT2D eigenvalue weighted by molar-refractivity contribution is 14.1. The summed E-state index contributed by atoms with van der Waals surface area (Å²) in [5.41, 5.74) is 1.41. The Morgan fingerprint density at radius 3 is 2.51 bits per heavy atom. The fraction of sp³-hybridized carbons (Fsp3) is 0.185. The third kappa shape index (κ3) is 3.42. The average molecular weight is 609 g/mol. The third-order valence-corrected chi connectivity index (χ3v) is 7.94. The van der Waals surface area contributed by atoms with Crippen molar-refractivity contribution in [3.8, 4) is 17.2 Å². The molecule has 186 valence electrons. The monoisotopic (exact) mass is 609 g/mol. The zero-order valence-electron chi connectivity index (χ0n) is 19.6. The van der Waals surface area contributed by atoms with Crippen LogP contribution in [0.15, 0.2) is 90.6 Å². The summed E-state index contributed by atoms with van der Waals surface area (Å²) in [4.78, 5) is 53.7. The number of rotatable bonds is 3. The maximum absolute atomic E-state index is 13.7. The van der Waals surface area contributed by atoms with Crippen LogP contribution in [-0.2, 0) is 16.1 Å². The van der Waals surface area contributed by atoms with Gasteiger partial charge in [-0.05, 0) is 46.4 Å². The van der Waals surface area contributed by atoms with Crippen molar-refractivity contribution in [2.45, 2.75) is 24.9 Å². The Hall–Kier alpha value is -3.93. The molecule has 2 aromatic carbocycles. The minimum Gasteiger partial charge on any atom is -0.508 e. The van der Waals surface area contributed by atoms with Gasteiger partial charge in [0.25, 0.3) is 0 Å². The molecule has 2 heterocycles. The van der Waals surface area contributed by atoms with Crippen molar-refractivity contribution in [1.29, 1.82) is 0 Å². The van der Waals surface area contributed by atoms with E-state index in [0.717, 1.165) is 10.1 Å². The molecule has 9 nitrogen and oxygen atoms in total. The number of carbonyl (C=O) groups is 2. The summed E-state index contributed by atoms with van der Waals surface area (Å²) in [7, 11) is 1.46. The summed E-state index contributed by atoms with van der Waals surface area (Å²) in [6, 6.07) is 12.6. The van der Waals surface area contributed by atoms with Gasteiger partial charge in [-0.1, -0.05) is 30.3 Å². The summed E-state index contributed by atoms with van der Waals surface area (Å²) < 4.78 is 9.75. The number of Topliss-reactive ketones (excluding diaryl/α,β-unsaturated/α-hetero) is 1. The first kappa shape index (κ1) is 23.5. The van der Waals surface area contributed by atoms with E-state index in [-0.39, 0.29) is 30.3 Å². The van der Waals surface area contributed by atoms with Gasteiger partial charge < -0.3 is 9.84 Å². The normalized spacial score (nSPS) is 20.6. The lowest BCUT2D eigenvalue weighted by molar-refractivity contribution is -0.115. The van der Waals surface area contributed by atoms with E-state index >= 15 is 0 Å². The smallest absolute Gasteiger partial charge is 0.352 e. The number of phenolic OH excluding ortho intramolecular Hbond substituents is 1. The number of hydrogen-bond donors (Lipinski definition) is 1. The number of nitrogens with zero attached hydrogens (tertiary/aromatic N) is 3. The van der Waals surface area contributed by atoms with Crippen LogP contribution in [0.25, 0.3) is 5.69 Å². The van der Waals surface area contributed by atoms with E-state index in [9.17, 15) is 24.3 Å². The van der Waals surface area contributed by atoms with Gasteiger partial charge >= 0.3 is 11.4 Å². The Morgan fingerprint density at radius 2 is 1.78 bits per heavy atom. The maximum Gasteiger partial charge on any atom is 0.352 e. The van der Waals surface area contributed by atoms with Gasteiger partial charge in [0.2, 0.25) is 0 Å². The number of carbonyl (C=O) groups excluding carboxylic acids is 2. The number of ketones is 2. The van der Waals surface area contributed by atoms with Gasteiger partial charge in [0.05, 0.1) is 29.0 Å². The Morgan fingerprint density at radius 1 is 1.03 bits per heavy atom. The number of ether oxygens (including phenoxy) is 1. The Balaban J connectivity index is 1.61. The van der Waals surface area contributed by atoms with Crippen LogP contribution < -0.4 is 16.1 Å². The fourth-order valence-corrected chi connectivity index (χ4v) is 6.13. The van der Waals surface area contributed by atoms with Crippen LogP contribution in [-0.4, -0.2) is 37.7 Å². The molecule has 0 saturated heterocycles. The lowest BCUT2D eigenvalue weighted by Crippen LogP contribution is -2.40. The van der Waals surface area contributed by atoms with E-state index in [1.165, 1.54) is 34.7 Å². The molecule has 2 unspecified atom stereocenters. The van der Waals surface area contributed by atoms with Crippen molar-refractivity contribution < 1.29 is 19.4 Å². The molecule has 0 spiro atoms. The summed E-state index contributed by atoms with van der Waals surface area (Å²) >= 11 is 1.87. The van der Waals surface area contributed by atoms with Gasteiger partial charge in [-0.15, -0.1) is 0 Å². The molecule has 10 heteroatoms. The quantitative estimate of drug-likeness (QED) is 0.278. The molecule has 0 amide bonds. The molecule has 0 fully saturated rings. The van der Waals surface area contributed by atoms with Crippen LogP contribution in [0.2, 0.25) is 0 Å². The first-order chi connectivity index (χ1) is 17.8. The molecule has 3 aromatic rings. The van der Waals surface area contributed by atoms with Gasteiger partial charge in [-0.3, -0.25) is 9.59 Å². The summed E-state index contributed by atoms with van der Waals surface area (Å²) in [6.07, 6.45) is 3.26. The van der Waals surface area contributed by atoms with Crippen LogP contribution in [0.4, 0.5) is 0 Å². The van der Waals surface area contributed by atoms with E-state index in [1.807, 2.05) is 28.7 Å². The Labute approximate surface area is 223 Å². The number of benzene rings is 2. The summed E-state index contributed by atoms with van der Waals surface area (Å²) in [5.74, 6) is -0.914. The molecule has 1 aliphatic heterocycles. The first-order valence-electron chi connectivity index (χ1n) is 11.6. The number of halogens is 1. The van der Waals surface area contributed by atoms with Crippen LogP contribution >= 0.6 is 22.6 Å². The second kappa shape index (κ2) is 8.58. The van der Waals surface area contributed by atoms with Crippen molar-refractivity contribution in [2.24, 2.45) is 0 Å². The lowest BCUT2D eigenvalue weighted by atomic mass is 9.68. The van der Waals surface area contributed by atoms with Crippen molar-refractivity contribution in [2.75, 3.05) is 7.11 Å². The second-order valence-electron chi connectivity index (χ2n) is 9.02. The highest BCUT2D eigenvalue weighted by atomic mass is 127. The Bertz CT molecular complexity index is 1720. The zero-order chi connectivity index (χ0) is 26.0. The Kier molecular flexibility index (Phi) is 5.44. The van der Waals surface area contributed by atoms with E-state index in [1.54, 1.807) is 36.4 Å². The number of methoxy groups -OCH3 is 1. The van der Waals surface area contributed by atoms with E-state index < -0.39 is 23.3 Å². The van der Waals surface area contributed by atoms with Gasteiger partial charge in [-0.2, -0.15) is 0 Å². The average Bonchev–Trinajstić information content (AvgIpc) is 3.16. The number of hydrogen-bond acceptors (Lipinski definition) is 6. The molecule has 1 N–H and O–H groups in total. The maximum atomic E-state index is 13.7. The minimum absolute atomic E-state index is 0.00898. The molecule has 1 aromatic heterocycles. The zero-order valence-corrected chi connectivity index (χ0v) is 21.7. The lowest BCUT2D eigenvalue weighted by Gasteiger charge is -2.39. The van der Waals surface area contributed by atoms with Gasteiger partial charge in [0.15, 0.2) is 11.6 Å². The van der Waals surface area contributed by atoms with Crippen molar-refractivity contribution in [3.63, 3.8) is 0 Å². The number of fused-ring (bicyclic) bond motifs is 3. The molecule has 3 aliphatic rings. The predicted octanol–water partition coefficient (Wildman–Crippen LogP) is 2.95. The second-order valence-corrected chi connectivity index (χ2v) is 10.2. The largest absolute Gasteiger partial charge is 0.508 e. The van der Waals surface area contributed by atoms with Crippen LogP contribution in [0.5, 0.6) is 11.5 Å². The molecule has 2 atom stereocenters. The number of aromatic nitrogens is 3. The van der Waals surface area contributed by atoms with Gasteiger partial charge in [-0.25, -0.2) is 23.5 Å². The predicted molar refractivity (Wildman–Crippen MR) is 143 cm³/mol. The van der Waals surface area contributed by atoms with Crippen molar-refractivity contribution in [1.82, 2.24) is 13.9 Å². The van der Waals surface area contributed by atoms with Gasteiger partial charge in [0, 0.05) is 41.2 Å². The van der Waals surface area contributed by atoms with Crippen LogP contribution in [0.3, 0.4) is 0 Å². The molecule has 37 heavy (non-hydrogen) atoms. The van der Waals surface area contributed by atoms with E-state index in [4.69, 9.17) is 4.74 Å². The third-order valence-electron chi connectivity index (χ3n) is 7.14. The topological polar surface area (TPSA) is 113 Å². The van der Waals surface area contributed by atoms with Crippen LogP contribution in [0, 0.1) is 0 Å². The highest BCUT2D eigenvalue weighted by Gasteiger charge is 2.45. The molecule has 6 rings (SSSR count). The SMILES string of the molecule is COc1cc(O)ccc1C1C2=CCn3c(=O)n(-c4ccccc4)c(=O)n3C2CC2=C1C(=O)C(I)=CC2=O. The van der Waals surface area contributed by atoms with E-state index in [2.05, 4.69) is 0 Å². The fourth-order valence-electron chi connectivity index (χ4n) is 5.56. The molecule has 0 radical (unpaired) electrons. The molecule has 0 bridgehead atoms. The highest BCUT2D eigenvalue weighted by Crippen LogP contribution is 2.52. The van der Waals surface area contributed by atoms with Crippen molar-refractivity contribution in [3.05, 3.63) is 108 Å². The minimum atomic E-state index is -0.699. The summed E-state index contributed by atoms with van der Waals surface area (Å²) in [5, 5.41) is 10.1. The van der Waals surface area contributed by atoms with E-state index in [0.29, 0.717) is 31.7 Å². The number of allylic oxidation sites excluding steroid dienone is 6. The molecular weight excluding hydrogens is 589 g/mol. The summed E-state index contributed by atoms with van der Waals surface area (Å²) in [6.45, 7) is 0.119. The number of aromatic hydroxyl groups is 1. The van der Waals surface area contributed by atoms with Gasteiger partial charge in [0.1, 0.15) is 11.5 Å².